The van der Waals surface area contributed by atoms with E-state index in [2.05, 4.69) is 5.32 Å². The van der Waals surface area contributed by atoms with Crippen LogP contribution in [0.15, 0.2) is 6.07 Å². The van der Waals surface area contributed by atoms with Gasteiger partial charge in [0.05, 0.1) is 8.67 Å². The fraction of sp³-hybridized carbons (Fsp3) is 0.444. The molecule has 0 fully saturated rings. The van der Waals surface area contributed by atoms with Crippen LogP contribution >= 0.6 is 34.5 Å². The third kappa shape index (κ3) is 3.61. The Hall–Kier alpha value is -0.330. The van der Waals surface area contributed by atoms with Gasteiger partial charge < -0.3 is 16.2 Å². The summed E-state index contributed by atoms with van der Waals surface area (Å²) in [5, 5.41) is 12.2. The van der Waals surface area contributed by atoms with E-state index in [1.807, 2.05) is 6.92 Å². The van der Waals surface area contributed by atoms with Crippen molar-refractivity contribution in [2.24, 2.45) is 5.73 Å². The molecule has 0 bridgehead atoms. The number of amides is 1. The summed E-state index contributed by atoms with van der Waals surface area (Å²) < 4.78 is 1.20. The second kappa shape index (κ2) is 5.84. The summed E-state index contributed by atoms with van der Waals surface area (Å²) in [6.07, 6.45) is -1.20. The molecule has 0 radical (unpaired) electrons. The van der Waals surface area contributed by atoms with Crippen molar-refractivity contribution in [2.75, 3.05) is 6.54 Å². The zero-order valence-electron chi connectivity index (χ0n) is 8.54. The molecule has 1 amide bonds. The molecule has 4 nitrogen and oxygen atoms in total. The van der Waals surface area contributed by atoms with E-state index in [-0.39, 0.29) is 12.6 Å². The molecule has 0 saturated carbocycles. The minimum atomic E-state index is -1.20. The molecule has 1 aromatic heterocycles. The lowest BCUT2D eigenvalue weighted by molar-refractivity contribution is -0.125. The summed E-state index contributed by atoms with van der Waals surface area (Å²) in [4.78, 5) is 10.6. The number of aliphatic hydroxyl groups is 1. The van der Waals surface area contributed by atoms with E-state index in [0.717, 1.165) is 5.56 Å². The van der Waals surface area contributed by atoms with Gasteiger partial charge in [0.25, 0.3) is 0 Å². The highest BCUT2D eigenvalue weighted by Crippen LogP contribution is 2.34. The number of halogens is 2. The molecule has 7 heteroatoms. The van der Waals surface area contributed by atoms with Crippen molar-refractivity contribution in [2.45, 2.75) is 19.1 Å². The van der Waals surface area contributed by atoms with Crippen molar-refractivity contribution >= 4 is 40.4 Å². The quantitative estimate of drug-likeness (QED) is 0.767. The maximum absolute atomic E-state index is 10.6. The molecule has 4 N–H and O–H groups in total. The summed E-state index contributed by atoms with van der Waals surface area (Å²) in [6.45, 7) is 1.94. The van der Waals surface area contributed by atoms with E-state index in [0.29, 0.717) is 8.67 Å². The fourth-order valence-electron chi connectivity index (χ4n) is 1.15. The zero-order chi connectivity index (χ0) is 12.3. The van der Waals surface area contributed by atoms with Gasteiger partial charge in [0.15, 0.2) is 0 Å². The molecule has 1 heterocycles. The molecular formula is C9H12Cl2N2O2S. The van der Waals surface area contributed by atoms with E-state index in [4.69, 9.17) is 28.9 Å². The molecule has 0 aliphatic heterocycles. The maximum Gasteiger partial charge on any atom is 0.247 e. The van der Waals surface area contributed by atoms with Gasteiger partial charge in [0.1, 0.15) is 6.10 Å². The summed E-state index contributed by atoms with van der Waals surface area (Å²) >= 11 is 13.0. The van der Waals surface area contributed by atoms with Crippen molar-refractivity contribution < 1.29 is 9.90 Å². The maximum atomic E-state index is 10.6. The average Bonchev–Trinajstić information content (AvgIpc) is 2.53. The van der Waals surface area contributed by atoms with Gasteiger partial charge in [-0.05, 0) is 18.6 Å². The Morgan fingerprint density at radius 1 is 1.69 bits per heavy atom. The molecule has 90 valence electrons. The Morgan fingerprint density at radius 3 is 2.75 bits per heavy atom. The first-order valence-electron chi connectivity index (χ1n) is 4.57. The number of nitrogens with one attached hydrogen (secondary N) is 1. The number of rotatable bonds is 5. The number of nitrogens with two attached hydrogens (primary N) is 1. The molecule has 0 spiro atoms. The van der Waals surface area contributed by atoms with Crippen molar-refractivity contribution in [3.63, 3.8) is 0 Å². The van der Waals surface area contributed by atoms with Gasteiger partial charge >= 0.3 is 0 Å². The fourth-order valence-corrected chi connectivity index (χ4v) is 2.79. The molecule has 0 aliphatic carbocycles. The zero-order valence-corrected chi connectivity index (χ0v) is 10.9. The molecule has 2 atom stereocenters. The molecular weight excluding hydrogens is 271 g/mol. The first kappa shape index (κ1) is 13.7. The minimum absolute atomic E-state index is 0.0836. The van der Waals surface area contributed by atoms with E-state index >= 15 is 0 Å². The third-order valence-corrected chi connectivity index (χ3v) is 3.61. The minimum Gasteiger partial charge on any atom is -0.382 e. The number of thiophene rings is 1. The van der Waals surface area contributed by atoms with Crippen LogP contribution in [0, 0.1) is 0 Å². The number of hydrogen-bond acceptors (Lipinski definition) is 4. The van der Waals surface area contributed by atoms with Crippen LogP contribution in [0.25, 0.3) is 0 Å². The molecule has 0 saturated heterocycles. The first-order valence-corrected chi connectivity index (χ1v) is 6.14. The molecule has 1 rings (SSSR count). The van der Waals surface area contributed by atoms with Crippen LogP contribution in [0.1, 0.15) is 18.5 Å². The van der Waals surface area contributed by atoms with E-state index in [1.54, 1.807) is 6.07 Å². The topological polar surface area (TPSA) is 75.3 Å². The largest absolute Gasteiger partial charge is 0.382 e. The average molecular weight is 283 g/mol. The van der Waals surface area contributed by atoms with Gasteiger partial charge in [-0.25, -0.2) is 0 Å². The normalized spacial score (nSPS) is 14.8. The van der Waals surface area contributed by atoms with Crippen molar-refractivity contribution in [3.8, 4) is 0 Å². The van der Waals surface area contributed by atoms with Crippen LogP contribution < -0.4 is 11.1 Å². The van der Waals surface area contributed by atoms with Crippen LogP contribution in [0.5, 0.6) is 0 Å². The van der Waals surface area contributed by atoms with Crippen LogP contribution in [-0.2, 0) is 4.79 Å². The SMILES string of the molecule is CC(NCC(O)C(N)=O)c1cc(Cl)sc1Cl. The number of hydrogen-bond donors (Lipinski definition) is 3. The molecule has 0 aliphatic rings. The smallest absolute Gasteiger partial charge is 0.247 e. The molecule has 16 heavy (non-hydrogen) atoms. The molecule has 2 unspecified atom stereocenters. The Labute approximate surface area is 107 Å². The number of carbonyl (C=O) groups is 1. The van der Waals surface area contributed by atoms with Crippen LogP contribution in [-0.4, -0.2) is 23.7 Å². The predicted octanol–water partition coefficient (Wildman–Crippen LogP) is 1.55. The highest BCUT2D eigenvalue weighted by atomic mass is 35.5. The number of primary amides is 1. The van der Waals surface area contributed by atoms with Gasteiger partial charge in [0.2, 0.25) is 5.91 Å². The van der Waals surface area contributed by atoms with Crippen molar-refractivity contribution in [3.05, 3.63) is 20.3 Å². The van der Waals surface area contributed by atoms with Crippen molar-refractivity contribution in [1.82, 2.24) is 5.32 Å². The Bertz CT molecular complexity index is 384. The first-order chi connectivity index (χ1) is 7.41. The summed E-state index contributed by atoms with van der Waals surface area (Å²) in [7, 11) is 0. The van der Waals surface area contributed by atoms with Gasteiger partial charge in [-0.1, -0.05) is 23.2 Å². The summed E-state index contributed by atoms with van der Waals surface area (Å²) in [6, 6.07) is 1.65. The second-order valence-electron chi connectivity index (χ2n) is 3.33. The standard InChI is InChI=1S/C9H12Cl2N2O2S/c1-4(13-3-6(14)9(12)15)5-2-7(10)16-8(5)11/h2,4,6,13-14H,3H2,1H3,(H2,12,15). The van der Waals surface area contributed by atoms with Crippen LogP contribution in [0.3, 0.4) is 0 Å². The van der Waals surface area contributed by atoms with E-state index in [9.17, 15) is 9.90 Å². The second-order valence-corrected chi connectivity index (χ2v) is 5.61. The Kier molecular flexibility index (Phi) is 5.01. The van der Waals surface area contributed by atoms with Gasteiger partial charge in [-0.2, -0.15) is 0 Å². The molecule has 1 aromatic rings. The van der Waals surface area contributed by atoms with Crippen molar-refractivity contribution in [1.29, 1.82) is 0 Å². The Balaban J connectivity index is 2.56. The molecule has 0 aromatic carbocycles. The summed E-state index contributed by atoms with van der Waals surface area (Å²) in [5.41, 5.74) is 5.76. The lowest BCUT2D eigenvalue weighted by Gasteiger charge is -2.14. The monoisotopic (exact) mass is 282 g/mol. The number of aliphatic hydroxyl groups excluding tert-OH is 1. The van der Waals surface area contributed by atoms with E-state index < -0.39 is 12.0 Å². The highest BCUT2D eigenvalue weighted by molar-refractivity contribution is 7.20. The highest BCUT2D eigenvalue weighted by Gasteiger charge is 2.16. The van der Waals surface area contributed by atoms with Crippen LogP contribution in [0.4, 0.5) is 0 Å². The lowest BCUT2D eigenvalue weighted by atomic mass is 10.2. The number of carbonyl (C=O) groups excluding carboxylic acids is 1. The predicted molar refractivity (Wildman–Crippen MR) is 66.0 cm³/mol. The van der Waals surface area contributed by atoms with Gasteiger partial charge in [-0.3, -0.25) is 4.79 Å². The lowest BCUT2D eigenvalue weighted by Crippen LogP contribution is -2.38. The van der Waals surface area contributed by atoms with Gasteiger partial charge in [-0.15, -0.1) is 11.3 Å². The Morgan fingerprint density at radius 2 is 2.31 bits per heavy atom. The van der Waals surface area contributed by atoms with E-state index in [1.165, 1.54) is 11.3 Å². The third-order valence-electron chi connectivity index (χ3n) is 2.10. The van der Waals surface area contributed by atoms with Crippen LogP contribution in [0.2, 0.25) is 8.67 Å². The summed E-state index contributed by atoms with van der Waals surface area (Å²) in [5.74, 6) is -0.755. The van der Waals surface area contributed by atoms with Gasteiger partial charge in [0, 0.05) is 12.6 Å².